The van der Waals surface area contributed by atoms with Crippen LogP contribution >= 0.6 is 0 Å². The summed E-state index contributed by atoms with van der Waals surface area (Å²) in [5.41, 5.74) is 3.77. The van der Waals surface area contributed by atoms with Gasteiger partial charge < -0.3 is 10.6 Å². The minimum absolute atomic E-state index is 0.102. The first-order valence-corrected chi connectivity index (χ1v) is 10.8. The minimum atomic E-state index is -0.102. The van der Waals surface area contributed by atoms with Gasteiger partial charge in [-0.25, -0.2) is 4.98 Å². The molecular formula is C24H23N7O. The van der Waals surface area contributed by atoms with Gasteiger partial charge in [-0.2, -0.15) is 0 Å². The van der Waals surface area contributed by atoms with Crippen LogP contribution in [-0.2, 0) is 0 Å². The number of amides is 1. The minimum Gasteiger partial charge on any atom is -0.348 e. The molecule has 2 aromatic heterocycles. The Morgan fingerprint density at radius 3 is 3.03 bits per heavy atom. The molecular weight excluding hydrogens is 402 g/mol. The summed E-state index contributed by atoms with van der Waals surface area (Å²) in [6.45, 7) is 2.67. The molecule has 2 N–H and O–H groups in total. The molecule has 1 aliphatic carbocycles. The lowest BCUT2D eigenvalue weighted by Gasteiger charge is -2.17. The van der Waals surface area contributed by atoms with E-state index in [-0.39, 0.29) is 11.9 Å². The number of hydrogen-bond acceptors (Lipinski definition) is 7. The number of aromatic nitrogens is 4. The second kappa shape index (κ2) is 9.12. The monoisotopic (exact) mass is 425 g/mol. The lowest BCUT2D eigenvalue weighted by atomic mass is 10.1. The summed E-state index contributed by atoms with van der Waals surface area (Å²) in [5.74, 6) is 6.66. The highest BCUT2D eigenvalue weighted by Crippen LogP contribution is 2.17. The first kappa shape index (κ1) is 20.1. The van der Waals surface area contributed by atoms with E-state index in [0.717, 1.165) is 44.6 Å². The standard InChI is InChI=1S/C24H23N7O/c32-23(26-20-10-12-31(16-20)15-17-5-2-1-3-6-17)18-8-9-21-22(13-18)29-30-24(28-21)27-19-7-4-11-25-14-19/h4-5,7-9,11,13-14,20H,1-2,10,12,15-16H2,(H,26,32)(H,27,28,30). The van der Waals surface area contributed by atoms with Gasteiger partial charge in [0.25, 0.3) is 5.91 Å². The number of nitrogens with one attached hydrogen (secondary N) is 2. The second-order valence-corrected chi connectivity index (χ2v) is 7.97. The van der Waals surface area contributed by atoms with Crippen molar-refractivity contribution in [2.75, 3.05) is 25.0 Å². The van der Waals surface area contributed by atoms with Gasteiger partial charge in [-0.15, -0.1) is 10.2 Å². The molecule has 1 aromatic carbocycles. The highest BCUT2D eigenvalue weighted by atomic mass is 16.1. The Kier molecular flexibility index (Phi) is 5.73. The summed E-state index contributed by atoms with van der Waals surface area (Å²) < 4.78 is 0. The summed E-state index contributed by atoms with van der Waals surface area (Å²) in [6, 6.07) is 9.13. The molecule has 2 aliphatic rings. The molecule has 1 unspecified atom stereocenters. The highest BCUT2D eigenvalue weighted by Gasteiger charge is 2.24. The maximum Gasteiger partial charge on any atom is 0.251 e. The normalized spacial score (nSPS) is 18.0. The SMILES string of the molecule is O=C(NC1CCN(CC2=CCCC#C2)C1)c1ccc2nc(Nc3cccnc3)nnc2c1. The van der Waals surface area contributed by atoms with Crippen LogP contribution in [0.25, 0.3) is 11.0 Å². The van der Waals surface area contributed by atoms with Crippen molar-refractivity contribution in [1.29, 1.82) is 0 Å². The van der Waals surface area contributed by atoms with Gasteiger partial charge in [0.15, 0.2) is 0 Å². The van der Waals surface area contributed by atoms with E-state index >= 15 is 0 Å². The summed E-state index contributed by atoms with van der Waals surface area (Å²) in [7, 11) is 0. The van der Waals surface area contributed by atoms with E-state index in [4.69, 9.17) is 0 Å². The maximum absolute atomic E-state index is 12.8. The number of rotatable bonds is 6. The molecule has 0 saturated carbocycles. The van der Waals surface area contributed by atoms with E-state index in [1.54, 1.807) is 30.6 Å². The lowest BCUT2D eigenvalue weighted by molar-refractivity contribution is 0.0938. The molecule has 1 atom stereocenters. The Labute approximate surface area is 186 Å². The van der Waals surface area contributed by atoms with Crippen LogP contribution in [0.1, 0.15) is 29.6 Å². The number of pyridine rings is 1. The van der Waals surface area contributed by atoms with Crippen LogP contribution in [0.3, 0.4) is 0 Å². The number of carbonyl (C=O) groups is 1. The fraction of sp³-hybridized carbons (Fsp3) is 0.292. The van der Waals surface area contributed by atoms with E-state index < -0.39 is 0 Å². The third-order valence-electron chi connectivity index (χ3n) is 5.54. The molecule has 8 heteroatoms. The fourth-order valence-electron chi connectivity index (χ4n) is 3.95. The Hall–Kier alpha value is -3.83. The van der Waals surface area contributed by atoms with Crippen molar-refractivity contribution in [2.24, 2.45) is 0 Å². The van der Waals surface area contributed by atoms with Crippen molar-refractivity contribution < 1.29 is 4.79 Å². The van der Waals surface area contributed by atoms with E-state index in [9.17, 15) is 4.79 Å². The van der Waals surface area contributed by atoms with Gasteiger partial charge in [0, 0.05) is 49.4 Å². The van der Waals surface area contributed by atoms with Crippen LogP contribution in [0.4, 0.5) is 11.6 Å². The first-order chi connectivity index (χ1) is 15.7. The van der Waals surface area contributed by atoms with Gasteiger partial charge in [-0.05, 0) is 43.2 Å². The molecule has 1 aliphatic heterocycles. The van der Waals surface area contributed by atoms with Crippen molar-refractivity contribution >= 4 is 28.6 Å². The zero-order valence-electron chi connectivity index (χ0n) is 17.6. The summed E-state index contributed by atoms with van der Waals surface area (Å²) in [4.78, 5) is 23.7. The molecule has 0 bridgehead atoms. The Morgan fingerprint density at radius 2 is 2.19 bits per heavy atom. The van der Waals surface area contributed by atoms with Crippen molar-refractivity contribution in [3.63, 3.8) is 0 Å². The van der Waals surface area contributed by atoms with E-state index in [1.165, 1.54) is 5.57 Å². The number of nitrogens with zero attached hydrogens (tertiary/aromatic N) is 5. The second-order valence-electron chi connectivity index (χ2n) is 7.97. The third kappa shape index (κ3) is 4.74. The molecule has 1 saturated heterocycles. The predicted molar refractivity (Wildman–Crippen MR) is 122 cm³/mol. The highest BCUT2D eigenvalue weighted by molar-refractivity contribution is 5.97. The number of likely N-dealkylation sites (tertiary alicyclic amines) is 1. The first-order valence-electron chi connectivity index (χ1n) is 10.8. The number of fused-ring (bicyclic) bond motifs is 1. The van der Waals surface area contributed by atoms with Crippen LogP contribution in [0, 0.1) is 11.8 Å². The quantitative estimate of drug-likeness (QED) is 0.586. The largest absolute Gasteiger partial charge is 0.348 e. The molecule has 3 aromatic rings. The zero-order valence-corrected chi connectivity index (χ0v) is 17.6. The van der Waals surface area contributed by atoms with E-state index in [2.05, 4.69) is 53.6 Å². The predicted octanol–water partition coefficient (Wildman–Crippen LogP) is 2.69. The van der Waals surface area contributed by atoms with Gasteiger partial charge in [-0.3, -0.25) is 14.7 Å². The Morgan fingerprint density at radius 1 is 1.22 bits per heavy atom. The number of allylic oxidation sites excluding steroid dienone is 1. The smallest absolute Gasteiger partial charge is 0.251 e. The van der Waals surface area contributed by atoms with Gasteiger partial charge in [0.2, 0.25) is 5.95 Å². The van der Waals surface area contributed by atoms with Crippen LogP contribution in [0.15, 0.2) is 54.4 Å². The van der Waals surface area contributed by atoms with Crippen molar-refractivity contribution in [2.45, 2.75) is 25.3 Å². The van der Waals surface area contributed by atoms with Crippen molar-refractivity contribution in [1.82, 2.24) is 30.4 Å². The summed E-state index contributed by atoms with van der Waals surface area (Å²) in [5, 5.41) is 14.6. The van der Waals surface area contributed by atoms with Gasteiger partial charge in [-0.1, -0.05) is 17.9 Å². The number of hydrogen-bond donors (Lipinski definition) is 2. The number of carbonyl (C=O) groups excluding carboxylic acids is 1. The van der Waals surface area contributed by atoms with E-state index in [1.807, 2.05) is 12.1 Å². The Bertz CT molecular complexity index is 1230. The van der Waals surface area contributed by atoms with Crippen LogP contribution in [0.2, 0.25) is 0 Å². The zero-order chi connectivity index (χ0) is 21.8. The summed E-state index contributed by atoms with van der Waals surface area (Å²) in [6.07, 6.45) is 8.54. The molecule has 32 heavy (non-hydrogen) atoms. The third-order valence-corrected chi connectivity index (χ3v) is 5.54. The molecule has 1 amide bonds. The molecule has 0 radical (unpaired) electrons. The van der Waals surface area contributed by atoms with Crippen molar-refractivity contribution in [3.8, 4) is 11.8 Å². The maximum atomic E-state index is 12.8. The van der Waals surface area contributed by atoms with Crippen LogP contribution in [0.5, 0.6) is 0 Å². The Balaban J connectivity index is 1.21. The van der Waals surface area contributed by atoms with Crippen molar-refractivity contribution in [3.05, 3.63) is 59.9 Å². The average molecular weight is 425 g/mol. The molecule has 5 rings (SSSR count). The van der Waals surface area contributed by atoms with Gasteiger partial charge in [0.05, 0.1) is 17.4 Å². The fourth-order valence-corrected chi connectivity index (χ4v) is 3.95. The molecule has 0 spiro atoms. The van der Waals surface area contributed by atoms with Crippen LogP contribution < -0.4 is 10.6 Å². The van der Waals surface area contributed by atoms with Gasteiger partial charge >= 0.3 is 0 Å². The van der Waals surface area contributed by atoms with E-state index in [0.29, 0.717) is 22.5 Å². The number of benzene rings is 1. The molecule has 8 nitrogen and oxygen atoms in total. The molecule has 160 valence electrons. The lowest BCUT2D eigenvalue weighted by Crippen LogP contribution is -2.37. The average Bonchev–Trinajstić information content (AvgIpc) is 3.26. The molecule has 1 fully saturated rings. The number of anilines is 2. The topological polar surface area (TPSA) is 95.9 Å². The van der Waals surface area contributed by atoms with Crippen LogP contribution in [-0.4, -0.2) is 56.6 Å². The van der Waals surface area contributed by atoms with Gasteiger partial charge in [0.1, 0.15) is 5.52 Å². The molecule has 3 heterocycles. The summed E-state index contributed by atoms with van der Waals surface area (Å²) >= 11 is 0.